The van der Waals surface area contributed by atoms with Crippen LogP contribution in [0, 0.1) is 5.41 Å². The fourth-order valence-corrected chi connectivity index (χ4v) is 3.32. The van der Waals surface area contributed by atoms with E-state index in [0.717, 1.165) is 25.7 Å². The minimum Gasteiger partial charge on any atom is -0.392 e. The van der Waals surface area contributed by atoms with Crippen LogP contribution >= 0.6 is 0 Å². The Hall–Kier alpha value is -0.980. The second kappa shape index (κ2) is 5.34. The second-order valence-electron chi connectivity index (χ2n) is 7.17. The number of β-amino-alcohol motifs (C(OH)–C–C–N with tert-alkyl or cyclic N) is 1. The van der Waals surface area contributed by atoms with Gasteiger partial charge in [0.2, 0.25) is 11.7 Å². The lowest BCUT2D eigenvalue weighted by molar-refractivity contribution is -0.0740. The van der Waals surface area contributed by atoms with E-state index in [2.05, 4.69) is 29.3 Å². The number of methoxy groups -OCH3 is 1. The highest BCUT2D eigenvalue weighted by Gasteiger charge is 2.44. The van der Waals surface area contributed by atoms with E-state index in [-0.39, 0.29) is 12.1 Å². The molecule has 1 saturated heterocycles. The second-order valence-corrected chi connectivity index (χ2v) is 7.17. The van der Waals surface area contributed by atoms with Gasteiger partial charge in [-0.05, 0) is 37.5 Å². The monoisotopic (exact) mass is 295 g/mol. The van der Waals surface area contributed by atoms with Gasteiger partial charge < -0.3 is 19.7 Å². The van der Waals surface area contributed by atoms with Crippen LogP contribution in [0.1, 0.15) is 63.7 Å². The molecule has 0 radical (unpaired) electrons. The van der Waals surface area contributed by atoms with Crippen LogP contribution in [0.25, 0.3) is 0 Å². The van der Waals surface area contributed by atoms with Crippen molar-refractivity contribution in [2.75, 3.05) is 13.7 Å². The van der Waals surface area contributed by atoms with Gasteiger partial charge >= 0.3 is 0 Å². The van der Waals surface area contributed by atoms with Gasteiger partial charge in [-0.2, -0.15) is 4.98 Å². The molecule has 1 aliphatic heterocycles. The van der Waals surface area contributed by atoms with Crippen molar-refractivity contribution in [3.05, 3.63) is 11.7 Å². The summed E-state index contributed by atoms with van der Waals surface area (Å²) in [6.07, 6.45) is 4.29. The van der Waals surface area contributed by atoms with Crippen molar-refractivity contribution in [3.8, 4) is 0 Å². The van der Waals surface area contributed by atoms with Crippen molar-refractivity contribution in [3.63, 3.8) is 0 Å². The maximum Gasteiger partial charge on any atom is 0.243 e. The van der Waals surface area contributed by atoms with Gasteiger partial charge in [-0.15, -0.1) is 0 Å². The molecule has 2 heterocycles. The third-order valence-electron chi connectivity index (χ3n) is 5.06. The summed E-state index contributed by atoms with van der Waals surface area (Å²) in [6.45, 7) is 5.15. The highest BCUT2D eigenvalue weighted by atomic mass is 16.5. The number of aliphatic hydroxyl groups excluding tert-OH is 1. The maximum atomic E-state index is 9.59. The Labute approximate surface area is 125 Å². The lowest BCUT2D eigenvalue weighted by atomic mass is 9.70. The number of nitrogens with one attached hydrogen (secondary N) is 1. The quantitative estimate of drug-likeness (QED) is 0.886. The van der Waals surface area contributed by atoms with E-state index in [1.807, 2.05) is 0 Å². The Morgan fingerprint density at radius 3 is 2.57 bits per heavy atom. The first-order chi connectivity index (χ1) is 9.94. The van der Waals surface area contributed by atoms with Crippen molar-refractivity contribution in [1.82, 2.24) is 15.5 Å². The average molecular weight is 295 g/mol. The van der Waals surface area contributed by atoms with Gasteiger partial charge in [0.15, 0.2) is 0 Å². The molecule has 118 valence electrons. The Kier molecular flexibility index (Phi) is 3.80. The summed E-state index contributed by atoms with van der Waals surface area (Å²) in [7, 11) is 1.73. The van der Waals surface area contributed by atoms with Crippen LogP contribution < -0.4 is 5.32 Å². The van der Waals surface area contributed by atoms with Crippen LogP contribution in [-0.4, -0.2) is 35.0 Å². The van der Waals surface area contributed by atoms with Crippen molar-refractivity contribution >= 4 is 0 Å². The van der Waals surface area contributed by atoms with E-state index in [1.165, 1.54) is 0 Å². The molecular weight excluding hydrogens is 270 g/mol. The molecule has 2 fully saturated rings. The summed E-state index contributed by atoms with van der Waals surface area (Å²) < 4.78 is 11.2. The first kappa shape index (κ1) is 14.9. The van der Waals surface area contributed by atoms with Gasteiger partial charge in [0.05, 0.1) is 12.1 Å². The molecule has 21 heavy (non-hydrogen) atoms. The van der Waals surface area contributed by atoms with E-state index in [0.29, 0.717) is 30.1 Å². The number of aliphatic hydroxyl groups is 1. The molecule has 6 heteroatoms. The zero-order valence-electron chi connectivity index (χ0n) is 13.1. The summed E-state index contributed by atoms with van der Waals surface area (Å²) in [5, 5.41) is 17.0. The lowest BCUT2D eigenvalue weighted by Gasteiger charge is -2.40. The summed E-state index contributed by atoms with van der Waals surface area (Å²) in [4.78, 5) is 4.56. The zero-order valence-corrected chi connectivity index (χ0v) is 13.1. The molecular formula is C15H25N3O3. The number of hydrogen-bond donors (Lipinski definition) is 2. The number of ether oxygens (including phenoxy) is 1. The van der Waals surface area contributed by atoms with Crippen LogP contribution in [0.4, 0.5) is 0 Å². The van der Waals surface area contributed by atoms with Crippen LogP contribution in [0.2, 0.25) is 0 Å². The molecule has 1 unspecified atom stereocenters. The van der Waals surface area contributed by atoms with E-state index >= 15 is 0 Å². The Morgan fingerprint density at radius 2 is 2.00 bits per heavy atom. The molecule has 1 aliphatic carbocycles. The van der Waals surface area contributed by atoms with E-state index in [4.69, 9.17) is 9.26 Å². The van der Waals surface area contributed by atoms with Crippen molar-refractivity contribution in [2.45, 2.75) is 63.7 Å². The van der Waals surface area contributed by atoms with Gasteiger partial charge in [0.25, 0.3) is 0 Å². The van der Waals surface area contributed by atoms with Crippen LogP contribution in [0.15, 0.2) is 4.52 Å². The molecule has 0 spiro atoms. The maximum absolute atomic E-state index is 9.59. The first-order valence-corrected chi connectivity index (χ1v) is 7.75. The first-order valence-electron chi connectivity index (χ1n) is 7.75. The van der Waals surface area contributed by atoms with Crippen molar-refractivity contribution < 1.29 is 14.4 Å². The van der Waals surface area contributed by atoms with Gasteiger partial charge in [0.1, 0.15) is 5.60 Å². The predicted molar refractivity (Wildman–Crippen MR) is 76.6 cm³/mol. The largest absolute Gasteiger partial charge is 0.392 e. The summed E-state index contributed by atoms with van der Waals surface area (Å²) in [5.41, 5.74) is -0.0692. The normalized spacial score (nSPS) is 31.4. The van der Waals surface area contributed by atoms with E-state index in [9.17, 15) is 5.11 Å². The average Bonchev–Trinajstić information content (AvgIpc) is 3.08. The number of aromatic nitrogens is 2. The minimum absolute atomic E-state index is 0.0461. The summed E-state index contributed by atoms with van der Waals surface area (Å²) >= 11 is 0. The van der Waals surface area contributed by atoms with Crippen LogP contribution in [0.5, 0.6) is 0 Å². The zero-order chi connectivity index (χ0) is 15.1. The van der Waals surface area contributed by atoms with E-state index < -0.39 is 5.60 Å². The Balaban J connectivity index is 1.78. The van der Waals surface area contributed by atoms with Gasteiger partial charge in [-0.25, -0.2) is 0 Å². The predicted octanol–water partition coefficient (Wildman–Crippen LogP) is 1.91. The molecule has 1 aromatic heterocycles. The van der Waals surface area contributed by atoms with Crippen molar-refractivity contribution in [1.29, 1.82) is 0 Å². The molecule has 0 amide bonds. The number of hydrogen-bond acceptors (Lipinski definition) is 6. The smallest absolute Gasteiger partial charge is 0.243 e. The summed E-state index contributed by atoms with van der Waals surface area (Å²) in [6, 6.07) is -0.0461. The van der Waals surface area contributed by atoms with Crippen LogP contribution in [0.3, 0.4) is 0 Å². The molecule has 6 nitrogen and oxygen atoms in total. The lowest BCUT2D eigenvalue weighted by Crippen LogP contribution is -2.37. The van der Waals surface area contributed by atoms with Gasteiger partial charge in [-0.1, -0.05) is 19.0 Å². The Morgan fingerprint density at radius 1 is 1.29 bits per heavy atom. The molecule has 3 rings (SSSR count). The molecule has 2 aliphatic rings. The molecule has 0 aromatic carbocycles. The fraction of sp³-hybridized carbons (Fsp3) is 0.867. The molecule has 2 N–H and O–H groups in total. The molecule has 1 aromatic rings. The third-order valence-corrected chi connectivity index (χ3v) is 5.06. The number of rotatable bonds is 3. The SMILES string of the molecule is COC1(c2noc([C@@H]3CC(O)CN3)n2)CCC(C)(C)CC1. The van der Waals surface area contributed by atoms with Gasteiger partial charge in [-0.3, -0.25) is 0 Å². The third kappa shape index (κ3) is 2.84. The number of nitrogens with zero attached hydrogens (tertiary/aromatic N) is 2. The summed E-state index contributed by atoms with van der Waals surface area (Å²) in [5.74, 6) is 1.21. The minimum atomic E-state index is -0.422. The highest BCUT2D eigenvalue weighted by molar-refractivity contribution is 5.07. The topological polar surface area (TPSA) is 80.4 Å². The molecule has 2 atom stereocenters. The van der Waals surface area contributed by atoms with E-state index in [1.54, 1.807) is 7.11 Å². The fourth-order valence-electron chi connectivity index (χ4n) is 3.32. The molecule has 0 bridgehead atoms. The standard InChI is InChI=1S/C15H25N3O3/c1-14(2)4-6-15(20-3,7-5-14)13-17-12(21-18-13)11-8-10(19)9-16-11/h10-11,16,19H,4-9H2,1-3H3/t10?,11-/m0/s1. The van der Waals surface area contributed by atoms with Crippen LogP contribution in [-0.2, 0) is 10.3 Å². The van der Waals surface area contributed by atoms with Gasteiger partial charge in [0, 0.05) is 13.7 Å². The Bertz CT molecular complexity index is 490. The molecule has 1 saturated carbocycles. The van der Waals surface area contributed by atoms with Crippen molar-refractivity contribution in [2.24, 2.45) is 5.41 Å². The highest BCUT2D eigenvalue weighted by Crippen LogP contribution is 2.46.